The van der Waals surface area contributed by atoms with Crippen molar-refractivity contribution in [2.75, 3.05) is 13.2 Å². The first-order valence-electron chi connectivity index (χ1n) is 6.55. The summed E-state index contributed by atoms with van der Waals surface area (Å²) in [5, 5.41) is 10.2. The Kier molecular flexibility index (Phi) is 12.1. The van der Waals surface area contributed by atoms with Gasteiger partial charge in [-0.05, 0) is 19.3 Å². The lowest BCUT2D eigenvalue weighted by Crippen LogP contribution is -2.04. The van der Waals surface area contributed by atoms with Crippen molar-refractivity contribution in [3.63, 3.8) is 0 Å². The van der Waals surface area contributed by atoms with Crippen LogP contribution < -0.4 is 0 Å². The van der Waals surface area contributed by atoms with Gasteiger partial charge in [0.1, 0.15) is 0 Å². The van der Waals surface area contributed by atoms with Gasteiger partial charge in [-0.2, -0.15) is 0 Å². The molecule has 0 spiro atoms. The summed E-state index contributed by atoms with van der Waals surface area (Å²) in [6.07, 6.45) is 8.85. The Bertz CT molecular complexity index is 157. The fraction of sp³-hybridized carbons (Fsp3) is 0.923. The normalized spacial score (nSPS) is 10.4. The van der Waals surface area contributed by atoms with Crippen molar-refractivity contribution < 1.29 is 14.6 Å². The molecule has 0 saturated heterocycles. The quantitative estimate of drug-likeness (QED) is 0.402. The van der Waals surface area contributed by atoms with E-state index < -0.39 is 0 Å². The van der Waals surface area contributed by atoms with E-state index in [-0.39, 0.29) is 12.6 Å². The van der Waals surface area contributed by atoms with Gasteiger partial charge < -0.3 is 4.74 Å². The van der Waals surface area contributed by atoms with E-state index in [1.165, 1.54) is 12.8 Å². The van der Waals surface area contributed by atoms with Gasteiger partial charge in [0.2, 0.25) is 0 Å². The minimum atomic E-state index is -0.0618. The second-order valence-corrected chi connectivity index (χ2v) is 4.15. The average Bonchev–Trinajstić information content (AvgIpc) is 2.30. The molecule has 0 saturated carbocycles. The number of hydrogen-bond donors (Lipinski definition) is 0. The van der Waals surface area contributed by atoms with E-state index in [9.17, 15) is 9.90 Å². The van der Waals surface area contributed by atoms with E-state index in [1.807, 2.05) is 6.92 Å². The lowest BCUT2D eigenvalue weighted by molar-refractivity contribution is -0.143. The SMILES string of the molecule is CCCOC(=O)CCCCCCCCC[O]. The summed E-state index contributed by atoms with van der Waals surface area (Å²) in [7, 11) is 0. The van der Waals surface area contributed by atoms with Gasteiger partial charge in [0.15, 0.2) is 0 Å². The van der Waals surface area contributed by atoms with Crippen LogP contribution in [-0.4, -0.2) is 19.2 Å². The zero-order valence-corrected chi connectivity index (χ0v) is 10.5. The summed E-state index contributed by atoms with van der Waals surface area (Å²) in [5.41, 5.74) is 0. The van der Waals surface area contributed by atoms with Crippen LogP contribution in [0.15, 0.2) is 0 Å². The summed E-state index contributed by atoms with van der Waals surface area (Å²) in [6.45, 7) is 2.60. The highest BCUT2D eigenvalue weighted by Crippen LogP contribution is 2.08. The molecule has 3 nitrogen and oxygen atoms in total. The fourth-order valence-electron chi connectivity index (χ4n) is 1.54. The third-order valence-corrected chi connectivity index (χ3v) is 2.49. The fourth-order valence-corrected chi connectivity index (χ4v) is 1.54. The van der Waals surface area contributed by atoms with E-state index in [1.54, 1.807) is 0 Å². The van der Waals surface area contributed by atoms with Crippen LogP contribution in [0.1, 0.15) is 64.7 Å². The van der Waals surface area contributed by atoms with Gasteiger partial charge in [0.25, 0.3) is 0 Å². The number of carbonyl (C=O) groups excluding carboxylic acids is 1. The Morgan fingerprint density at radius 3 is 2.06 bits per heavy atom. The summed E-state index contributed by atoms with van der Waals surface area (Å²) < 4.78 is 4.98. The third kappa shape index (κ3) is 11.5. The number of esters is 1. The van der Waals surface area contributed by atoms with Crippen molar-refractivity contribution in [1.82, 2.24) is 0 Å². The average molecular weight is 229 g/mol. The predicted octanol–water partition coefficient (Wildman–Crippen LogP) is 3.49. The molecule has 0 aromatic rings. The molecule has 3 heteroatoms. The monoisotopic (exact) mass is 229 g/mol. The number of hydrogen-bond acceptors (Lipinski definition) is 2. The highest BCUT2D eigenvalue weighted by Gasteiger charge is 2.01. The largest absolute Gasteiger partial charge is 0.466 e. The molecule has 0 atom stereocenters. The molecule has 0 amide bonds. The summed E-state index contributed by atoms with van der Waals surface area (Å²) in [4.78, 5) is 11.1. The van der Waals surface area contributed by atoms with Gasteiger partial charge in [-0.3, -0.25) is 4.79 Å². The molecular weight excluding hydrogens is 204 g/mol. The first-order chi connectivity index (χ1) is 7.81. The van der Waals surface area contributed by atoms with Crippen molar-refractivity contribution in [3.05, 3.63) is 0 Å². The van der Waals surface area contributed by atoms with Crippen molar-refractivity contribution in [3.8, 4) is 0 Å². The molecule has 0 aliphatic rings. The van der Waals surface area contributed by atoms with Gasteiger partial charge in [-0.1, -0.05) is 39.0 Å². The van der Waals surface area contributed by atoms with E-state index in [4.69, 9.17) is 4.74 Å². The smallest absolute Gasteiger partial charge is 0.305 e. The van der Waals surface area contributed by atoms with Crippen LogP contribution in [0.4, 0.5) is 0 Å². The molecule has 0 unspecified atom stereocenters. The molecule has 0 aromatic carbocycles. The third-order valence-electron chi connectivity index (χ3n) is 2.49. The first-order valence-corrected chi connectivity index (χ1v) is 6.55. The molecule has 0 heterocycles. The van der Waals surface area contributed by atoms with Crippen molar-refractivity contribution >= 4 is 5.97 Å². The van der Waals surface area contributed by atoms with E-state index in [2.05, 4.69) is 0 Å². The molecule has 0 rings (SSSR count). The molecule has 0 bridgehead atoms. The molecule has 95 valence electrons. The number of carbonyl (C=O) groups is 1. The highest BCUT2D eigenvalue weighted by molar-refractivity contribution is 5.69. The van der Waals surface area contributed by atoms with E-state index >= 15 is 0 Å². The Morgan fingerprint density at radius 2 is 1.50 bits per heavy atom. The second-order valence-electron chi connectivity index (χ2n) is 4.15. The molecule has 0 fully saturated rings. The van der Waals surface area contributed by atoms with E-state index in [0.29, 0.717) is 13.0 Å². The minimum absolute atomic E-state index is 0.0588. The lowest BCUT2D eigenvalue weighted by Gasteiger charge is -2.03. The van der Waals surface area contributed by atoms with Gasteiger partial charge in [-0.25, -0.2) is 5.11 Å². The van der Waals surface area contributed by atoms with Crippen molar-refractivity contribution in [2.45, 2.75) is 64.7 Å². The van der Waals surface area contributed by atoms with Crippen LogP contribution in [0.25, 0.3) is 0 Å². The topological polar surface area (TPSA) is 46.2 Å². The summed E-state index contributed by atoms with van der Waals surface area (Å²) in [5.74, 6) is -0.0618. The maximum atomic E-state index is 11.1. The lowest BCUT2D eigenvalue weighted by atomic mass is 10.1. The van der Waals surface area contributed by atoms with Gasteiger partial charge in [0.05, 0.1) is 13.2 Å². The van der Waals surface area contributed by atoms with E-state index in [0.717, 1.165) is 38.5 Å². The molecule has 0 aliphatic carbocycles. The van der Waals surface area contributed by atoms with Crippen molar-refractivity contribution in [1.29, 1.82) is 0 Å². The Labute approximate surface area is 99.2 Å². The number of ether oxygens (including phenoxy) is 1. The van der Waals surface area contributed by atoms with Gasteiger partial charge >= 0.3 is 5.97 Å². The molecule has 16 heavy (non-hydrogen) atoms. The number of unbranched alkanes of at least 4 members (excludes halogenated alkanes) is 6. The van der Waals surface area contributed by atoms with Crippen LogP contribution in [0, 0.1) is 0 Å². The summed E-state index contributed by atoms with van der Waals surface area (Å²) in [6, 6.07) is 0. The molecule has 0 N–H and O–H groups in total. The number of rotatable bonds is 11. The zero-order valence-electron chi connectivity index (χ0n) is 10.5. The second kappa shape index (κ2) is 12.5. The maximum Gasteiger partial charge on any atom is 0.305 e. The minimum Gasteiger partial charge on any atom is -0.466 e. The Balaban J connectivity index is 3.05. The Morgan fingerprint density at radius 1 is 0.938 bits per heavy atom. The van der Waals surface area contributed by atoms with Gasteiger partial charge in [0, 0.05) is 6.42 Å². The highest BCUT2D eigenvalue weighted by atomic mass is 16.5. The van der Waals surface area contributed by atoms with Crippen LogP contribution >= 0.6 is 0 Å². The van der Waals surface area contributed by atoms with Crippen LogP contribution in [-0.2, 0) is 14.6 Å². The van der Waals surface area contributed by atoms with Crippen LogP contribution in [0.2, 0.25) is 0 Å². The molecule has 1 radical (unpaired) electrons. The zero-order chi connectivity index (χ0) is 12.1. The predicted molar refractivity (Wildman–Crippen MR) is 63.7 cm³/mol. The van der Waals surface area contributed by atoms with Crippen LogP contribution in [0.3, 0.4) is 0 Å². The van der Waals surface area contributed by atoms with Crippen molar-refractivity contribution in [2.24, 2.45) is 0 Å². The standard InChI is InChI=1S/C13H25O3/c1-2-12-16-13(15)10-8-6-4-3-5-7-9-11-14/h2-12H2,1H3. The maximum absolute atomic E-state index is 11.1. The Hall–Kier alpha value is -0.570. The molecular formula is C13H25O3. The van der Waals surface area contributed by atoms with Crippen LogP contribution in [0.5, 0.6) is 0 Å². The first kappa shape index (κ1) is 15.4. The van der Waals surface area contributed by atoms with Gasteiger partial charge in [-0.15, -0.1) is 0 Å². The summed E-state index contributed by atoms with van der Waals surface area (Å²) >= 11 is 0. The molecule has 0 aromatic heterocycles. The molecule has 0 aliphatic heterocycles.